The van der Waals surface area contributed by atoms with E-state index >= 15 is 0 Å². The third kappa shape index (κ3) is 5.40. The van der Waals surface area contributed by atoms with Gasteiger partial charge < -0.3 is 10.1 Å². The summed E-state index contributed by atoms with van der Waals surface area (Å²) in [6, 6.07) is 5.47. The van der Waals surface area contributed by atoms with Gasteiger partial charge in [0.2, 0.25) is 0 Å². The van der Waals surface area contributed by atoms with Crippen LogP contribution < -0.4 is 10.1 Å². The number of ether oxygens (including phenoxy) is 1. The lowest BCUT2D eigenvalue weighted by Gasteiger charge is -2.13. The Morgan fingerprint density at radius 2 is 2.00 bits per heavy atom. The van der Waals surface area contributed by atoms with Gasteiger partial charge in [-0.15, -0.1) is 0 Å². The SMILES string of the molecule is CCNCc1cc(C)ccc1OCCC(F)(F)F. The van der Waals surface area contributed by atoms with E-state index in [2.05, 4.69) is 5.32 Å². The van der Waals surface area contributed by atoms with E-state index in [-0.39, 0.29) is 6.61 Å². The first kappa shape index (κ1) is 14.8. The number of benzene rings is 1. The van der Waals surface area contributed by atoms with E-state index < -0.39 is 12.6 Å². The second kappa shape index (κ2) is 6.64. The summed E-state index contributed by atoms with van der Waals surface area (Å²) in [5, 5.41) is 3.14. The summed E-state index contributed by atoms with van der Waals surface area (Å²) in [5.74, 6) is 0.519. The Labute approximate surface area is 105 Å². The van der Waals surface area contributed by atoms with Crippen LogP contribution in [0, 0.1) is 6.92 Å². The summed E-state index contributed by atoms with van der Waals surface area (Å²) < 4.78 is 41.3. The van der Waals surface area contributed by atoms with Crippen LogP contribution in [0.3, 0.4) is 0 Å². The maximum atomic E-state index is 12.0. The number of hydrogen-bond acceptors (Lipinski definition) is 2. The number of alkyl halides is 3. The van der Waals surface area contributed by atoms with Crippen LogP contribution in [-0.4, -0.2) is 19.3 Å². The molecule has 1 aromatic rings. The molecule has 102 valence electrons. The predicted molar refractivity (Wildman–Crippen MR) is 64.7 cm³/mol. The Morgan fingerprint density at radius 3 is 2.61 bits per heavy atom. The fraction of sp³-hybridized carbons (Fsp3) is 0.538. The molecule has 1 rings (SSSR count). The first-order valence-electron chi connectivity index (χ1n) is 5.92. The minimum atomic E-state index is -4.17. The average Bonchev–Trinajstić information content (AvgIpc) is 2.27. The maximum Gasteiger partial charge on any atom is 0.392 e. The van der Waals surface area contributed by atoms with Gasteiger partial charge in [0.25, 0.3) is 0 Å². The Kier molecular flexibility index (Phi) is 5.47. The first-order chi connectivity index (χ1) is 8.42. The molecule has 2 nitrogen and oxygen atoms in total. The Balaban J connectivity index is 2.63. The fourth-order valence-electron chi connectivity index (χ4n) is 1.52. The summed E-state index contributed by atoms with van der Waals surface area (Å²) >= 11 is 0. The molecule has 0 heterocycles. The summed E-state index contributed by atoms with van der Waals surface area (Å²) in [4.78, 5) is 0. The van der Waals surface area contributed by atoms with Crippen molar-refractivity contribution < 1.29 is 17.9 Å². The molecule has 1 aromatic carbocycles. The molecule has 0 aromatic heterocycles. The molecule has 1 N–H and O–H groups in total. The molecule has 0 fully saturated rings. The van der Waals surface area contributed by atoms with Gasteiger partial charge in [0, 0.05) is 12.1 Å². The molecule has 0 aliphatic rings. The van der Waals surface area contributed by atoms with Crippen molar-refractivity contribution in [3.63, 3.8) is 0 Å². The van der Waals surface area contributed by atoms with E-state index in [1.807, 2.05) is 26.0 Å². The van der Waals surface area contributed by atoms with Gasteiger partial charge in [-0.05, 0) is 19.5 Å². The molecule has 0 saturated heterocycles. The van der Waals surface area contributed by atoms with Crippen molar-refractivity contribution in [1.82, 2.24) is 5.32 Å². The van der Waals surface area contributed by atoms with E-state index in [0.29, 0.717) is 12.3 Å². The third-order valence-electron chi connectivity index (χ3n) is 2.42. The van der Waals surface area contributed by atoms with Gasteiger partial charge in [0.05, 0.1) is 13.0 Å². The van der Waals surface area contributed by atoms with Crippen molar-refractivity contribution in [2.75, 3.05) is 13.2 Å². The molecule has 0 aliphatic heterocycles. The molecule has 0 saturated carbocycles. The molecular weight excluding hydrogens is 243 g/mol. The van der Waals surface area contributed by atoms with Crippen molar-refractivity contribution in [2.45, 2.75) is 33.0 Å². The number of rotatable bonds is 6. The molecule has 0 bridgehead atoms. The summed E-state index contributed by atoms with van der Waals surface area (Å²) in [6.07, 6.45) is -5.10. The Bertz CT molecular complexity index is 377. The van der Waals surface area contributed by atoms with Gasteiger partial charge in [0.1, 0.15) is 5.75 Å². The van der Waals surface area contributed by atoms with Crippen LogP contribution in [-0.2, 0) is 6.54 Å². The van der Waals surface area contributed by atoms with E-state index in [1.165, 1.54) is 0 Å². The fourth-order valence-corrected chi connectivity index (χ4v) is 1.52. The number of nitrogens with one attached hydrogen (secondary N) is 1. The molecular formula is C13H18F3NO. The second-order valence-electron chi connectivity index (χ2n) is 4.11. The highest BCUT2D eigenvalue weighted by Crippen LogP contribution is 2.23. The van der Waals surface area contributed by atoms with Crippen molar-refractivity contribution >= 4 is 0 Å². The number of aryl methyl sites for hydroxylation is 1. The van der Waals surface area contributed by atoms with Crippen LogP contribution in [0.4, 0.5) is 13.2 Å². The molecule has 0 amide bonds. The zero-order chi connectivity index (χ0) is 13.6. The predicted octanol–water partition coefficient (Wildman–Crippen LogP) is 3.44. The quantitative estimate of drug-likeness (QED) is 0.847. The maximum absolute atomic E-state index is 12.0. The van der Waals surface area contributed by atoms with E-state index in [4.69, 9.17) is 4.74 Å². The van der Waals surface area contributed by atoms with Crippen molar-refractivity contribution in [2.24, 2.45) is 0 Å². The van der Waals surface area contributed by atoms with Gasteiger partial charge in [0.15, 0.2) is 0 Å². The molecule has 18 heavy (non-hydrogen) atoms. The number of hydrogen-bond donors (Lipinski definition) is 1. The number of halogens is 3. The van der Waals surface area contributed by atoms with Crippen molar-refractivity contribution in [3.8, 4) is 5.75 Å². The highest BCUT2D eigenvalue weighted by molar-refractivity contribution is 5.36. The highest BCUT2D eigenvalue weighted by atomic mass is 19.4. The molecule has 0 radical (unpaired) electrons. The Morgan fingerprint density at radius 1 is 1.28 bits per heavy atom. The Hall–Kier alpha value is -1.23. The van der Waals surface area contributed by atoms with Crippen molar-refractivity contribution in [1.29, 1.82) is 0 Å². The van der Waals surface area contributed by atoms with Crippen LogP contribution in [0.5, 0.6) is 5.75 Å². The largest absolute Gasteiger partial charge is 0.493 e. The normalized spacial score (nSPS) is 11.6. The zero-order valence-corrected chi connectivity index (χ0v) is 10.6. The van der Waals surface area contributed by atoms with Gasteiger partial charge in [-0.3, -0.25) is 0 Å². The van der Waals surface area contributed by atoms with E-state index in [9.17, 15) is 13.2 Å². The second-order valence-corrected chi connectivity index (χ2v) is 4.11. The standard InChI is InChI=1S/C13H18F3NO/c1-3-17-9-11-8-10(2)4-5-12(11)18-7-6-13(14,15)16/h4-5,8,17H,3,6-7,9H2,1-2H3. The van der Waals surface area contributed by atoms with Crippen molar-refractivity contribution in [3.05, 3.63) is 29.3 Å². The van der Waals surface area contributed by atoms with Gasteiger partial charge in [-0.1, -0.05) is 24.6 Å². The topological polar surface area (TPSA) is 21.3 Å². The van der Waals surface area contributed by atoms with Crippen LogP contribution in [0.1, 0.15) is 24.5 Å². The summed E-state index contributed by atoms with van der Waals surface area (Å²) in [6.45, 7) is 4.97. The molecule has 0 aliphatic carbocycles. The molecule has 0 spiro atoms. The average molecular weight is 261 g/mol. The van der Waals surface area contributed by atoms with Gasteiger partial charge in [-0.25, -0.2) is 0 Å². The molecule has 0 atom stereocenters. The highest BCUT2D eigenvalue weighted by Gasteiger charge is 2.26. The first-order valence-corrected chi connectivity index (χ1v) is 5.92. The van der Waals surface area contributed by atoms with E-state index in [1.54, 1.807) is 6.07 Å². The summed E-state index contributed by atoms with van der Waals surface area (Å²) in [5.41, 5.74) is 1.95. The third-order valence-corrected chi connectivity index (χ3v) is 2.42. The molecule has 0 unspecified atom stereocenters. The minimum Gasteiger partial charge on any atom is -0.493 e. The van der Waals surface area contributed by atoms with Crippen LogP contribution in [0.25, 0.3) is 0 Å². The van der Waals surface area contributed by atoms with Gasteiger partial charge in [-0.2, -0.15) is 13.2 Å². The zero-order valence-electron chi connectivity index (χ0n) is 10.6. The van der Waals surface area contributed by atoms with Crippen LogP contribution in [0.2, 0.25) is 0 Å². The lowest BCUT2D eigenvalue weighted by molar-refractivity contribution is -0.139. The smallest absolute Gasteiger partial charge is 0.392 e. The van der Waals surface area contributed by atoms with Crippen LogP contribution >= 0.6 is 0 Å². The monoisotopic (exact) mass is 261 g/mol. The molecule has 5 heteroatoms. The lowest BCUT2D eigenvalue weighted by atomic mass is 10.1. The van der Waals surface area contributed by atoms with Crippen LogP contribution in [0.15, 0.2) is 18.2 Å². The van der Waals surface area contributed by atoms with Gasteiger partial charge >= 0.3 is 6.18 Å². The minimum absolute atomic E-state index is 0.342. The lowest BCUT2D eigenvalue weighted by Crippen LogP contribution is -2.15. The summed E-state index contributed by atoms with van der Waals surface area (Å²) in [7, 11) is 0. The van der Waals surface area contributed by atoms with E-state index in [0.717, 1.165) is 17.7 Å².